The zero-order valence-corrected chi connectivity index (χ0v) is 14.7. The molecule has 0 bridgehead atoms. The lowest BCUT2D eigenvalue weighted by atomic mass is 9.95. The lowest BCUT2D eigenvalue weighted by molar-refractivity contribution is -0.112. The molecule has 124 valence electrons. The number of Topliss-reactive ketones (excluding diaryl/α,β-unsaturated/α-hetero) is 1. The molecule has 1 fully saturated rings. The lowest BCUT2D eigenvalue weighted by Crippen LogP contribution is -3.00. The van der Waals surface area contributed by atoms with Crippen molar-refractivity contribution < 1.29 is 17.2 Å². The first-order valence-electron chi connectivity index (χ1n) is 7.92. The largest absolute Gasteiger partial charge is 1.00 e. The van der Waals surface area contributed by atoms with E-state index in [1.54, 1.807) is 0 Å². The van der Waals surface area contributed by atoms with Gasteiger partial charge < -0.3 is 17.7 Å². The fourth-order valence-electron chi connectivity index (χ4n) is 2.66. The summed E-state index contributed by atoms with van der Waals surface area (Å²) in [5.41, 5.74) is 6.21. The molecule has 1 N–H and O–H groups in total. The highest BCUT2D eigenvalue weighted by molar-refractivity contribution is 6.14. The van der Waals surface area contributed by atoms with E-state index in [2.05, 4.69) is 43.4 Å². The Hall–Kier alpha value is -2.16. The number of benzene rings is 2. The SMILES string of the molecule is Cc1ccc(C=C2CNCC(=Cc3ccc(C)cc3)C2=O)cc1.[Cl-]. The Morgan fingerprint density at radius 3 is 1.50 bits per heavy atom. The van der Waals surface area contributed by atoms with Crippen LogP contribution in [-0.4, -0.2) is 18.9 Å². The zero-order chi connectivity index (χ0) is 16.2. The fourth-order valence-corrected chi connectivity index (χ4v) is 2.66. The molecule has 0 atom stereocenters. The van der Waals surface area contributed by atoms with Gasteiger partial charge in [-0.05, 0) is 37.1 Å². The quantitative estimate of drug-likeness (QED) is 0.826. The van der Waals surface area contributed by atoms with Gasteiger partial charge in [0, 0.05) is 24.2 Å². The Morgan fingerprint density at radius 1 is 0.750 bits per heavy atom. The summed E-state index contributed by atoms with van der Waals surface area (Å²) in [5.74, 6) is 0.143. The van der Waals surface area contributed by atoms with Crippen LogP contribution in [0.5, 0.6) is 0 Å². The number of halogens is 1. The van der Waals surface area contributed by atoms with Crippen LogP contribution in [0.15, 0.2) is 59.7 Å². The maximum absolute atomic E-state index is 12.7. The Bertz CT molecular complexity index is 705. The second-order valence-corrected chi connectivity index (χ2v) is 6.09. The van der Waals surface area contributed by atoms with E-state index < -0.39 is 0 Å². The van der Waals surface area contributed by atoms with Gasteiger partial charge in [0.15, 0.2) is 5.78 Å². The van der Waals surface area contributed by atoms with Crippen LogP contribution in [0.2, 0.25) is 0 Å². The van der Waals surface area contributed by atoms with Crippen molar-refractivity contribution in [3.05, 3.63) is 81.9 Å². The van der Waals surface area contributed by atoms with Crippen LogP contribution in [0, 0.1) is 13.8 Å². The van der Waals surface area contributed by atoms with Crippen LogP contribution in [0.25, 0.3) is 12.2 Å². The van der Waals surface area contributed by atoms with Crippen molar-refractivity contribution in [2.24, 2.45) is 0 Å². The normalized spacial score (nSPS) is 17.8. The van der Waals surface area contributed by atoms with Gasteiger partial charge in [-0.15, -0.1) is 0 Å². The maximum Gasteiger partial charge on any atom is 0.187 e. The third-order valence-electron chi connectivity index (χ3n) is 4.05. The highest BCUT2D eigenvalue weighted by atomic mass is 35.5. The number of carbonyl (C=O) groups is 1. The van der Waals surface area contributed by atoms with Gasteiger partial charge in [-0.1, -0.05) is 59.7 Å². The van der Waals surface area contributed by atoms with Crippen molar-refractivity contribution in [1.29, 1.82) is 0 Å². The van der Waals surface area contributed by atoms with Crippen LogP contribution in [0.1, 0.15) is 22.3 Å². The van der Waals surface area contributed by atoms with E-state index in [9.17, 15) is 4.79 Å². The van der Waals surface area contributed by atoms with Gasteiger partial charge in [-0.2, -0.15) is 0 Å². The van der Waals surface area contributed by atoms with Crippen LogP contribution < -0.4 is 17.7 Å². The van der Waals surface area contributed by atoms with Crippen molar-refractivity contribution in [3.63, 3.8) is 0 Å². The van der Waals surface area contributed by atoms with Crippen LogP contribution in [0.3, 0.4) is 0 Å². The first-order chi connectivity index (χ1) is 11.1. The molecular formula is C21H21ClNO-. The Balaban J connectivity index is 0.00000208. The van der Waals surface area contributed by atoms with E-state index in [-0.39, 0.29) is 18.2 Å². The molecule has 2 aromatic rings. The predicted molar refractivity (Wildman–Crippen MR) is 96.2 cm³/mol. The molecule has 0 aromatic heterocycles. The summed E-state index contributed by atoms with van der Waals surface area (Å²) >= 11 is 0. The minimum absolute atomic E-state index is 0. The molecule has 3 rings (SSSR count). The summed E-state index contributed by atoms with van der Waals surface area (Å²) in [6.07, 6.45) is 3.97. The van der Waals surface area contributed by atoms with Gasteiger partial charge in [0.2, 0.25) is 0 Å². The Morgan fingerprint density at radius 2 is 1.12 bits per heavy atom. The van der Waals surface area contributed by atoms with Gasteiger partial charge in [0.25, 0.3) is 0 Å². The molecular weight excluding hydrogens is 318 g/mol. The van der Waals surface area contributed by atoms with Crippen molar-refractivity contribution in [2.45, 2.75) is 13.8 Å². The first-order valence-corrected chi connectivity index (χ1v) is 7.92. The topological polar surface area (TPSA) is 29.1 Å². The van der Waals surface area contributed by atoms with Crippen molar-refractivity contribution in [3.8, 4) is 0 Å². The van der Waals surface area contributed by atoms with Crippen molar-refractivity contribution in [2.75, 3.05) is 13.1 Å². The second-order valence-electron chi connectivity index (χ2n) is 6.09. The molecule has 3 heteroatoms. The number of ketones is 1. The Kier molecular flexibility index (Phi) is 6.13. The first kappa shape index (κ1) is 18.2. The third kappa shape index (κ3) is 4.44. The molecule has 2 aromatic carbocycles. The van der Waals surface area contributed by atoms with E-state index in [1.807, 2.05) is 36.4 Å². The Labute approximate surface area is 149 Å². The minimum atomic E-state index is 0. The van der Waals surface area contributed by atoms with Crippen molar-refractivity contribution >= 4 is 17.9 Å². The van der Waals surface area contributed by atoms with E-state index in [0.29, 0.717) is 13.1 Å². The molecule has 0 unspecified atom stereocenters. The smallest absolute Gasteiger partial charge is 0.187 e. The summed E-state index contributed by atoms with van der Waals surface area (Å²) < 4.78 is 0. The van der Waals surface area contributed by atoms with E-state index in [4.69, 9.17) is 0 Å². The minimum Gasteiger partial charge on any atom is -1.00 e. The molecule has 0 saturated carbocycles. The van der Waals surface area contributed by atoms with Gasteiger partial charge in [0.05, 0.1) is 0 Å². The maximum atomic E-state index is 12.7. The molecule has 1 saturated heterocycles. The summed E-state index contributed by atoms with van der Waals surface area (Å²) in [5, 5.41) is 3.32. The predicted octanol–water partition coefficient (Wildman–Crippen LogP) is 0.947. The molecule has 1 aliphatic rings. The van der Waals surface area contributed by atoms with Crippen molar-refractivity contribution in [1.82, 2.24) is 5.32 Å². The lowest BCUT2D eigenvalue weighted by Gasteiger charge is -2.18. The number of hydrogen-bond donors (Lipinski definition) is 1. The van der Waals surface area contributed by atoms with E-state index >= 15 is 0 Å². The van der Waals surface area contributed by atoms with Crippen LogP contribution in [0.4, 0.5) is 0 Å². The third-order valence-corrected chi connectivity index (χ3v) is 4.05. The van der Waals surface area contributed by atoms with Crippen LogP contribution >= 0.6 is 0 Å². The summed E-state index contributed by atoms with van der Waals surface area (Å²) in [4.78, 5) is 12.7. The van der Waals surface area contributed by atoms with Gasteiger partial charge >= 0.3 is 0 Å². The molecule has 1 aliphatic heterocycles. The van der Waals surface area contributed by atoms with E-state index in [1.165, 1.54) is 11.1 Å². The fraction of sp³-hybridized carbons (Fsp3) is 0.190. The number of hydrogen-bond acceptors (Lipinski definition) is 2. The van der Waals surface area contributed by atoms with Crippen LogP contribution in [-0.2, 0) is 4.79 Å². The summed E-state index contributed by atoms with van der Waals surface area (Å²) in [6, 6.07) is 16.5. The molecule has 0 radical (unpaired) electrons. The average molecular weight is 339 g/mol. The molecule has 2 nitrogen and oxygen atoms in total. The van der Waals surface area contributed by atoms with Gasteiger partial charge in [0.1, 0.15) is 0 Å². The standard InChI is InChI=1S/C21H21NO.ClH/c1-15-3-7-17(8-4-15)11-19-13-22-14-20(21(19)23)12-18-9-5-16(2)6-10-18;/h3-12,22H,13-14H2,1-2H3;1H/p-1. The highest BCUT2D eigenvalue weighted by Gasteiger charge is 2.19. The van der Waals surface area contributed by atoms with Gasteiger partial charge in [-0.25, -0.2) is 0 Å². The van der Waals surface area contributed by atoms with Gasteiger partial charge in [-0.3, -0.25) is 4.79 Å². The average Bonchev–Trinajstić information content (AvgIpc) is 2.55. The highest BCUT2D eigenvalue weighted by Crippen LogP contribution is 2.18. The molecule has 1 heterocycles. The molecule has 0 aliphatic carbocycles. The summed E-state index contributed by atoms with van der Waals surface area (Å²) in [6.45, 7) is 5.37. The second kappa shape index (κ2) is 8.09. The number of nitrogens with one attached hydrogen (secondary N) is 1. The number of carbonyl (C=O) groups excluding carboxylic acids is 1. The molecule has 0 amide bonds. The number of piperidine rings is 1. The number of rotatable bonds is 2. The van der Waals surface area contributed by atoms with E-state index in [0.717, 1.165) is 22.3 Å². The zero-order valence-electron chi connectivity index (χ0n) is 14.0. The molecule has 24 heavy (non-hydrogen) atoms. The monoisotopic (exact) mass is 338 g/mol. The summed E-state index contributed by atoms with van der Waals surface area (Å²) in [7, 11) is 0. The molecule has 0 spiro atoms. The number of aryl methyl sites for hydroxylation is 2.